The Bertz CT molecular complexity index is 398. The fourth-order valence-corrected chi connectivity index (χ4v) is 1.32. The molecule has 0 bridgehead atoms. The second kappa shape index (κ2) is 2.43. The van der Waals surface area contributed by atoms with Crippen molar-refractivity contribution < 1.29 is 0 Å². The molecule has 0 radical (unpaired) electrons. The lowest BCUT2D eigenvalue weighted by atomic mass is 10.4. The zero-order chi connectivity index (χ0) is 7.84. The van der Waals surface area contributed by atoms with E-state index in [0.29, 0.717) is 5.15 Å². The molecule has 0 spiro atoms. The van der Waals surface area contributed by atoms with E-state index < -0.39 is 0 Å². The summed E-state index contributed by atoms with van der Waals surface area (Å²) < 4.78 is 1.61. The Morgan fingerprint density at radius 2 is 2.27 bits per heavy atom. The second-order valence-electron chi connectivity index (χ2n) is 2.14. The van der Waals surface area contributed by atoms with Crippen molar-refractivity contribution in [1.29, 1.82) is 0 Å². The molecule has 5 heteroatoms. The summed E-state index contributed by atoms with van der Waals surface area (Å²) in [4.78, 5) is 4.08. The Morgan fingerprint density at radius 1 is 1.45 bits per heavy atom. The molecule has 0 fully saturated rings. The van der Waals surface area contributed by atoms with Crippen LogP contribution in [-0.4, -0.2) is 14.5 Å². The minimum absolute atomic E-state index is 0.488. The van der Waals surface area contributed by atoms with Gasteiger partial charge in [-0.3, -0.25) is 0 Å². The van der Waals surface area contributed by atoms with Gasteiger partial charge in [-0.05, 0) is 21.5 Å². The molecule has 2 rings (SSSR count). The Hall–Kier alpha value is -0.660. The van der Waals surface area contributed by atoms with Gasteiger partial charge in [0, 0.05) is 5.39 Å². The lowest BCUT2D eigenvalue weighted by Crippen LogP contribution is -1.83. The normalized spacial score (nSPS) is 10.7. The van der Waals surface area contributed by atoms with Crippen molar-refractivity contribution in [3.05, 3.63) is 23.5 Å². The van der Waals surface area contributed by atoms with Crippen LogP contribution in [0.2, 0.25) is 5.15 Å². The molecule has 0 aliphatic rings. The van der Waals surface area contributed by atoms with E-state index in [2.05, 4.69) is 19.5 Å². The number of fused-ring (bicyclic) bond motifs is 1. The second-order valence-corrected chi connectivity index (χ2v) is 3.01. The highest BCUT2D eigenvalue weighted by atomic mass is 35.5. The van der Waals surface area contributed by atoms with Gasteiger partial charge in [0.2, 0.25) is 0 Å². The molecular weight excluding hydrogens is 181 g/mol. The summed E-state index contributed by atoms with van der Waals surface area (Å²) >= 11 is 5.69. The first-order chi connectivity index (χ1) is 5.27. The predicted molar refractivity (Wildman–Crippen MR) is 47.6 cm³/mol. The van der Waals surface area contributed by atoms with Gasteiger partial charge in [-0.15, -0.1) is 0 Å². The zero-order valence-corrected chi connectivity index (χ0v) is 7.44. The Labute approximate surface area is 70.6 Å². The van der Waals surface area contributed by atoms with Crippen LogP contribution in [0.15, 0.2) is 18.3 Å². The molecule has 2 aromatic rings. The Morgan fingerprint density at radius 3 is 3.09 bits per heavy atom. The molecule has 2 heterocycles. The van der Waals surface area contributed by atoms with Crippen LogP contribution in [0.4, 0.5) is 0 Å². The van der Waals surface area contributed by atoms with Crippen LogP contribution >= 0.6 is 21.0 Å². The third kappa shape index (κ3) is 1.10. The summed E-state index contributed by atoms with van der Waals surface area (Å²) in [5, 5.41) is 5.47. The minimum atomic E-state index is 0.488. The van der Waals surface area contributed by atoms with Gasteiger partial charge in [-0.2, -0.15) is 5.10 Å². The Kier molecular flexibility index (Phi) is 1.55. The van der Waals surface area contributed by atoms with Crippen LogP contribution in [0, 0.1) is 0 Å². The van der Waals surface area contributed by atoms with Crippen LogP contribution in [0.5, 0.6) is 0 Å². The van der Waals surface area contributed by atoms with Crippen molar-refractivity contribution in [2.24, 2.45) is 0 Å². The molecule has 0 amide bonds. The Balaban J connectivity index is 2.87. The summed E-state index contributed by atoms with van der Waals surface area (Å²) in [7, 11) is 2.44. The summed E-state index contributed by atoms with van der Waals surface area (Å²) in [6.45, 7) is 0. The molecule has 1 unspecified atom stereocenters. The number of rotatable bonds is 0. The predicted octanol–water partition coefficient (Wildman–Crippen LogP) is 1.72. The maximum absolute atomic E-state index is 5.69. The smallest absolute Gasteiger partial charge is 0.162 e. The summed E-state index contributed by atoms with van der Waals surface area (Å²) in [5.41, 5.74) is 0.780. The quantitative estimate of drug-likeness (QED) is 0.462. The molecule has 1 atom stereocenters. The molecule has 3 nitrogen and oxygen atoms in total. The fourth-order valence-electron chi connectivity index (χ4n) is 0.899. The molecule has 0 aliphatic carbocycles. The number of hydrogen-bond acceptors (Lipinski definition) is 2. The first-order valence-corrected chi connectivity index (χ1v) is 3.92. The number of pyridine rings is 1. The van der Waals surface area contributed by atoms with Gasteiger partial charge in [0.1, 0.15) is 5.15 Å². The highest BCUT2D eigenvalue weighted by molar-refractivity contribution is 7.14. The molecule has 0 aliphatic heterocycles. The van der Waals surface area contributed by atoms with E-state index >= 15 is 0 Å². The number of nitrogens with zero attached hydrogens (tertiary/aromatic N) is 3. The van der Waals surface area contributed by atoms with Crippen molar-refractivity contribution in [3.8, 4) is 0 Å². The van der Waals surface area contributed by atoms with Crippen LogP contribution in [0.25, 0.3) is 11.0 Å². The lowest BCUT2D eigenvalue weighted by molar-refractivity contribution is 1.02. The van der Waals surface area contributed by atoms with Crippen molar-refractivity contribution in [1.82, 2.24) is 14.5 Å². The van der Waals surface area contributed by atoms with E-state index in [4.69, 9.17) is 11.6 Å². The molecule has 0 aromatic carbocycles. The molecule has 0 N–H and O–H groups in total. The highest BCUT2D eigenvalue weighted by Crippen LogP contribution is 2.15. The van der Waals surface area contributed by atoms with E-state index in [1.807, 2.05) is 6.07 Å². The number of aromatic nitrogens is 3. The van der Waals surface area contributed by atoms with Gasteiger partial charge in [-0.25, -0.2) is 9.44 Å². The van der Waals surface area contributed by atoms with Gasteiger partial charge in [0.15, 0.2) is 5.65 Å². The van der Waals surface area contributed by atoms with Gasteiger partial charge in [-0.1, -0.05) is 11.6 Å². The van der Waals surface area contributed by atoms with Crippen LogP contribution < -0.4 is 0 Å². The molecular formula is C6H5ClN3P. The van der Waals surface area contributed by atoms with Gasteiger partial charge in [0.25, 0.3) is 0 Å². The van der Waals surface area contributed by atoms with Crippen molar-refractivity contribution >= 4 is 32.0 Å². The summed E-state index contributed by atoms with van der Waals surface area (Å²) in [5.74, 6) is 0. The van der Waals surface area contributed by atoms with Crippen LogP contribution in [0.3, 0.4) is 0 Å². The van der Waals surface area contributed by atoms with E-state index in [1.165, 1.54) is 0 Å². The lowest BCUT2D eigenvalue weighted by Gasteiger charge is -1.91. The van der Waals surface area contributed by atoms with E-state index in [0.717, 1.165) is 11.0 Å². The van der Waals surface area contributed by atoms with Crippen molar-refractivity contribution in [2.75, 3.05) is 0 Å². The topological polar surface area (TPSA) is 30.7 Å². The van der Waals surface area contributed by atoms with Gasteiger partial charge < -0.3 is 0 Å². The minimum Gasteiger partial charge on any atom is -0.233 e. The van der Waals surface area contributed by atoms with Crippen LogP contribution in [0.1, 0.15) is 0 Å². The van der Waals surface area contributed by atoms with Crippen LogP contribution in [-0.2, 0) is 0 Å². The average Bonchev–Trinajstić information content (AvgIpc) is 2.33. The first kappa shape index (κ1) is 7.01. The molecule has 0 saturated carbocycles. The maximum atomic E-state index is 5.69. The number of halogens is 1. The molecule has 2 aromatic heterocycles. The third-order valence-electron chi connectivity index (χ3n) is 1.41. The van der Waals surface area contributed by atoms with Crippen molar-refractivity contribution in [3.63, 3.8) is 0 Å². The highest BCUT2D eigenvalue weighted by Gasteiger charge is 1.99. The van der Waals surface area contributed by atoms with E-state index in [9.17, 15) is 0 Å². The standard InChI is InChI=1S/C6H5ClN3P/c7-5-2-1-4-3-8-10(11)6(4)9-5/h1-3H,11H2. The summed E-state index contributed by atoms with van der Waals surface area (Å²) in [6, 6.07) is 3.63. The maximum Gasteiger partial charge on any atom is 0.162 e. The average molecular weight is 186 g/mol. The van der Waals surface area contributed by atoms with Gasteiger partial charge >= 0.3 is 0 Å². The van der Waals surface area contributed by atoms with E-state index in [1.54, 1.807) is 16.7 Å². The molecule has 56 valence electrons. The SMILES string of the molecule is Pn1ncc2ccc(Cl)nc21. The van der Waals surface area contributed by atoms with Crippen molar-refractivity contribution in [2.45, 2.75) is 0 Å². The number of hydrogen-bond donors (Lipinski definition) is 0. The molecule has 0 saturated heterocycles. The first-order valence-electron chi connectivity index (χ1n) is 3.03. The molecule has 11 heavy (non-hydrogen) atoms. The zero-order valence-electron chi connectivity index (χ0n) is 5.53. The summed E-state index contributed by atoms with van der Waals surface area (Å²) in [6.07, 6.45) is 1.74. The third-order valence-corrected chi connectivity index (χ3v) is 2.00. The monoisotopic (exact) mass is 185 g/mol. The van der Waals surface area contributed by atoms with E-state index in [-0.39, 0.29) is 0 Å². The fraction of sp³-hybridized carbons (Fsp3) is 0. The van der Waals surface area contributed by atoms with Gasteiger partial charge in [0.05, 0.1) is 6.20 Å². The largest absolute Gasteiger partial charge is 0.233 e.